The molecule has 0 radical (unpaired) electrons. The van der Waals surface area contributed by atoms with Crippen molar-refractivity contribution >= 4 is 215 Å². The number of benzene rings is 13. The molecule has 18 aromatic rings. The van der Waals surface area contributed by atoms with Crippen molar-refractivity contribution in [1.29, 1.82) is 0 Å². The summed E-state index contributed by atoms with van der Waals surface area (Å²) >= 11 is 45.1. The van der Waals surface area contributed by atoms with E-state index in [1.807, 2.05) is 206 Å². The van der Waals surface area contributed by atoms with Crippen LogP contribution in [0, 0.1) is 6.07 Å². The van der Waals surface area contributed by atoms with E-state index in [9.17, 15) is 18.7 Å². The average molecular weight is 1800 g/mol. The molecule has 0 aliphatic carbocycles. The summed E-state index contributed by atoms with van der Waals surface area (Å²) in [6.45, 7) is 1.71. The van der Waals surface area contributed by atoms with E-state index >= 15 is 0 Å². The summed E-state index contributed by atoms with van der Waals surface area (Å²) in [6.07, 6.45) is 8.21. The number of halogens is 8. The Morgan fingerprint density at radius 2 is 0.950 bits per heavy atom. The Morgan fingerprint density at radius 1 is 0.445 bits per heavy atom. The normalized spacial score (nSPS) is 10.4. The summed E-state index contributed by atoms with van der Waals surface area (Å²) in [4.78, 5) is 41.8. The number of hydrogen-bond donors (Lipinski definition) is 5. The number of nitrogen functional groups attached to an aromatic ring is 2. The first-order valence-electron chi connectivity index (χ1n) is 35.8. The SMILES string of the molecule is C[P+](=O)c1ccccc1.Clc1ccc(-c2ccccc2Cl)c(-c2nc3ccccc3[nH]2)c1.Clc1ccc2c3ccccc3n3c4ccccc4nc3c2c1.Nc1ccccc1N.O=Cc1cc(Cl)ccc1-c1ccccc1Cl.O=Cc1cc(Cl)ccc1Br.O=[P+](c1ccccc1)c1cccnc1.OB(O)c1ccccc1Cl.[Li+].[c-]1cccnc1. The summed E-state index contributed by atoms with van der Waals surface area (Å²) < 4.78 is 25.7. The Kier molecular flexibility index (Phi) is 36.6. The van der Waals surface area contributed by atoms with E-state index in [4.69, 9.17) is 108 Å². The molecule has 0 saturated carbocycles. The molecule has 586 valence electrons. The molecule has 14 nitrogen and oxygen atoms in total. The molecule has 5 aromatic heterocycles. The molecule has 13 aromatic carbocycles. The van der Waals surface area contributed by atoms with Crippen LogP contribution in [0.3, 0.4) is 0 Å². The van der Waals surface area contributed by atoms with E-state index in [-0.39, 0.29) is 18.9 Å². The van der Waals surface area contributed by atoms with Crippen LogP contribution in [0.2, 0.25) is 35.2 Å². The molecule has 18 rings (SSSR count). The van der Waals surface area contributed by atoms with Gasteiger partial charge in [-0.15, -0.1) is 0 Å². The summed E-state index contributed by atoms with van der Waals surface area (Å²) in [7, 11) is -4.11. The molecular formula is C93H70BBrCl7LiN8O6P2+2. The maximum Gasteiger partial charge on any atom is 1.00 e. The van der Waals surface area contributed by atoms with Gasteiger partial charge in [0.05, 0.1) is 45.2 Å². The summed E-state index contributed by atoms with van der Waals surface area (Å²) in [5, 5.41) is 27.6. The number of rotatable bonds is 9. The van der Waals surface area contributed by atoms with Crippen molar-refractivity contribution in [2.24, 2.45) is 0 Å². The third-order valence-electron chi connectivity index (χ3n) is 17.1. The van der Waals surface area contributed by atoms with Gasteiger partial charge >= 0.3 is 41.6 Å². The fraction of sp³-hybridized carbons (Fsp3) is 0.0108. The number of anilines is 2. The number of pyridine rings is 3. The molecule has 119 heavy (non-hydrogen) atoms. The largest absolute Gasteiger partial charge is 1.00 e. The fourth-order valence-corrected chi connectivity index (χ4v) is 14.9. The van der Waals surface area contributed by atoms with E-state index in [0.717, 1.165) is 105 Å². The van der Waals surface area contributed by atoms with Gasteiger partial charge in [-0.3, -0.25) is 19.0 Å². The maximum absolute atomic E-state index is 12.0. The molecule has 0 aliphatic rings. The van der Waals surface area contributed by atoms with Gasteiger partial charge in [-0.1, -0.05) is 282 Å². The first-order valence-corrected chi connectivity index (χ1v) is 42.2. The monoisotopic (exact) mass is 1800 g/mol. The zero-order valence-electron chi connectivity index (χ0n) is 63.6. The van der Waals surface area contributed by atoms with E-state index < -0.39 is 22.7 Å². The Balaban J connectivity index is 0.000000157. The molecule has 5 heterocycles. The number of nitrogens with one attached hydrogen (secondary N) is 1. The smallest absolute Gasteiger partial charge is 0.423 e. The van der Waals surface area contributed by atoms with Gasteiger partial charge < -0.3 is 31.5 Å². The summed E-state index contributed by atoms with van der Waals surface area (Å²) in [5.74, 6) is 0.781. The Hall–Kier alpha value is -10.7. The molecule has 7 N–H and O–H groups in total. The number of aromatic nitrogens is 6. The summed E-state index contributed by atoms with van der Waals surface area (Å²) in [6, 6.07) is 105. The second kappa shape index (κ2) is 47.2. The molecule has 0 fully saturated rings. The van der Waals surface area contributed by atoms with Crippen LogP contribution in [0.25, 0.3) is 83.0 Å². The van der Waals surface area contributed by atoms with Gasteiger partial charge in [-0.05, 0) is 168 Å². The van der Waals surface area contributed by atoms with Crippen molar-refractivity contribution in [3.63, 3.8) is 0 Å². The number of hydrogen-bond acceptors (Lipinski definition) is 12. The van der Waals surface area contributed by atoms with E-state index in [1.54, 1.807) is 116 Å². The summed E-state index contributed by atoms with van der Waals surface area (Å²) in [5.41, 5.74) is 24.2. The first kappa shape index (κ1) is 92.2. The molecule has 0 aliphatic heterocycles. The molecule has 26 heteroatoms. The van der Waals surface area contributed by atoms with Crippen molar-refractivity contribution in [2.75, 3.05) is 18.1 Å². The number of aromatic amines is 1. The fourth-order valence-electron chi connectivity index (χ4n) is 11.4. The van der Waals surface area contributed by atoms with Crippen molar-refractivity contribution in [3.8, 4) is 33.6 Å². The topological polar surface area (TPSA) is 233 Å². The Labute approximate surface area is 745 Å². The van der Waals surface area contributed by atoms with Gasteiger partial charge in [0, 0.05) is 89.9 Å². The molecule has 0 saturated heterocycles. The number of nitrogens with two attached hydrogens (primary N) is 2. The number of carbonyl (C=O) groups is 2. The van der Waals surface area contributed by atoms with Gasteiger partial charge in [0.15, 0.2) is 23.2 Å². The number of para-hydroxylation sites is 7. The number of carbonyl (C=O) groups excluding carboxylic acids is 2. The van der Waals surface area contributed by atoms with Gasteiger partial charge in [-0.25, -0.2) is 22.1 Å². The quantitative estimate of drug-likeness (QED) is 0.0227. The van der Waals surface area contributed by atoms with E-state index in [2.05, 4.69) is 82.7 Å². The van der Waals surface area contributed by atoms with Gasteiger partial charge in [0.25, 0.3) is 0 Å². The third kappa shape index (κ3) is 26.4. The molecule has 0 spiro atoms. The minimum Gasteiger partial charge on any atom is -0.423 e. The van der Waals surface area contributed by atoms with Gasteiger partial charge in [0.2, 0.25) is 5.30 Å². The number of aldehydes is 2. The van der Waals surface area contributed by atoms with Crippen LogP contribution < -0.4 is 51.7 Å². The molecule has 0 amide bonds. The van der Waals surface area contributed by atoms with Gasteiger partial charge in [0.1, 0.15) is 18.1 Å². The average Bonchev–Trinajstić information content (AvgIpc) is 1.61. The van der Waals surface area contributed by atoms with Crippen molar-refractivity contribution in [3.05, 3.63) is 409 Å². The predicted octanol–water partition coefficient (Wildman–Crippen LogP) is 21.4. The maximum atomic E-state index is 12.0. The zero-order valence-corrected chi connectivity index (χ0v) is 72.2. The van der Waals surface area contributed by atoms with Crippen LogP contribution in [-0.4, -0.2) is 65.7 Å². The minimum absolute atomic E-state index is 0. The van der Waals surface area contributed by atoms with Crippen LogP contribution in [0.15, 0.2) is 357 Å². The van der Waals surface area contributed by atoms with Crippen molar-refractivity contribution < 1.29 is 47.6 Å². The number of imidazole rings is 2. The van der Waals surface area contributed by atoms with Crippen molar-refractivity contribution in [2.45, 2.75) is 0 Å². The molecule has 2 atom stereocenters. The van der Waals surface area contributed by atoms with E-state index in [1.165, 1.54) is 16.3 Å². The number of nitrogens with zero attached hydrogens (tertiary/aromatic N) is 5. The van der Waals surface area contributed by atoms with Crippen LogP contribution in [0.1, 0.15) is 20.7 Å². The number of fused-ring (bicyclic) bond motifs is 9. The third-order valence-corrected chi connectivity index (χ3v) is 22.3. The zero-order chi connectivity index (χ0) is 83.9. The van der Waals surface area contributed by atoms with Gasteiger partial charge in [-0.2, -0.15) is 6.07 Å². The number of H-pyrrole nitrogens is 1. The standard InChI is InChI=1S/C19H12Cl2N2.C19H11ClN2.C13H8Cl2O.C11H9NOP.C7H4BrClO.C7H8OP.C6H6BClO2.C6H8N2.C5H4N.Li/c20-12-9-10-13(14-5-1-2-6-16(14)21)15(11-12)19-22-17-7-3-4-8-18(17)23-19;20-12-9-10-13-14-5-1-3-7-17(14)22-18-8-4-2-6-16(18)21-19(22)15(13)11-12;14-10-5-6-11(9(7-10)8-16)12-3-1-2-4-13(12)15;13-14(10-5-2-1-3-6-10)11-7-4-8-12-9-11;8-7-2-1-6(9)3-5(7)4-10;1-9(8)7-5-3-2-4-6-7;8-6-4-2-1-3-5(6)7(9)10;7-5-3-1-2-4-6(5)8;1-2-4-6-5-3-1;/h1-11H,(H,22,23);1-11H;1-8H;1-9H;1-4H;2-6H,1H3;1-4,9-10H;1-4H,7-8H2;1-2,4-5H;/q;;;+1;;+1;;;-1;+1. The predicted molar refractivity (Wildman–Crippen MR) is 498 cm³/mol. The second-order valence-corrected chi connectivity index (χ2v) is 32.0. The van der Waals surface area contributed by atoms with Crippen LogP contribution in [0.4, 0.5) is 11.4 Å². The minimum atomic E-state index is -1.48. The Bertz CT molecular complexity index is 6300. The van der Waals surface area contributed by atoms with Crippen LogP contribution >= 0.6 is 113 Å². The van der Waals surface area contributed by atoms with Crippen LogP contribution in [-0.2, 0) is 9.13 Å². The molecule has 0 bridgehead atoms. The van der Waals surface area contributed by atoms with Crippen molar-refractivity contribution in [1.82, 2.24) is 29.3 Å². The Morgan fingerprint density at radius 3 is 1.49 bits per heavy atom. The first-order chi connectivity index (χ1) is 57.2. The molecule has 2 unspecified atom stereocenters. The molecular weight excluding hydrogens is 1730 g/mol. The van der Waals surface area contributed by atoms with E-state index in [0.29, 0.717) is 58.1 Å². The second-order valence-electron chi connectivity index (χ2n) is 25.0. The van der Waals surface area contributed by atoms with Crippen LogP contribution in [0.5, 0.6) is 0 Å².